The van der Waals surface area contributed by atoms with Gasteiger partial charge in [0.15, 0.2) is 0 Å². The first-order chi connectivity index (χ1) is 2.77. The number of aliphatic hydroxyl groups excluding tert-OH is 1. The molecular formula is C5H14AlLiO. The van der Waals surface area contributed by atoms with Gasteiger partial charge in [0.1, 0.15) is 0 Å². The Bertz CT molecular complexity index is 74.5. The van der Waals surface area contributed by atoms with E-state index in [0.29, 0.717) is 12.0 Å². The third kappa shape index (κ3) is 3.18. The molecule has 1 rings (SSSR count). The van der Waals surface area contributed by atoms with Crippen LogP contribution in [0.2, 0.25) is 0 Å². The average molecular weight is 124 g/mol. The molecule has 1 N–H and O–H groups in total. The van der Waals surface area contributed by atoms with Crippen LogP contribution in [-0.2, 0) is 0 Å². The fraction of sp³-hybridized carbons (Fsp3) is 1.00. The first kappa shape index (κ1) is 11.8. The Balaban J connectivity index is -0.0000000150. The SMILES string of the molecule is CC1(CO)CC1.[Al+3].[H-].[H-].[H-].[H-].[Li+]. The van der Waals surface area contributed by atoms with E-state index >= 15 is 0 Å². The maximum absolute atomic E-state index is 8.47. The van der Waals surface area contributed by atoms with Crippen LogP contribution < -0.4 is 18.9 Å². The fourth-order valence-electron chi connectivity index (χ4n) is 0.372. The van der Waals surface area contributed by atoms with Gasteiger partial charge in [-0.3, -0.25) is 0 Å². The minimum absolute atomic E-state index is 0. The maximum atomic E-state index is 8.47. The normalized spacial score (nSPS) is 20.2. The van der Waals surface area contributed by atoms with Gasteiger partial charge >= 0.3 is 36.2 Å². The van der Waals surface area contributed by atoms with Crippen LogP contribution in [0.25, 0.3) is 0 Å². The molecule has 1 aliphatic rings. The van der Waals surface area contributed by atoms with Crippen molar-refractivity contribution < 1.29 is 29.7 Å². The number of hydrogen-bond acceptors (Lipinski definition) is 1. The zero-order valence-electron chi connectivity index (χ0n) is 9.65. The average Bonchev–Trinajstić information content (AvgIpc) is 2.22. The summed E-state index contributed by atoms with van der Waals surface area (Å²) in [6, 6.07) is 0. The van der Waals surface area contributed by atoms with Crippen molar-refractivity contribution in [1.29, 1.82) is 0 Å². The Hall–Kier alpha value is 1.09. The number of rotatable bonds is 1. The maximum Gasteiger partial charge on any atom is 3.00 e. The second kappa shape index (κ2) is 3.99. The molecule has 3 heteroatoms. The van der Waals surface area contributed by atoms with E-state index in [-0.39, 0.29) is 41.9 Å². The van der Waals surface area contributed by atoms with E-state index in [1.807, 2.05) is 0 Å². The first-order valence-corrected chi connectivity index (χ1v) is 2.38. The van der Waals surface area contributed by atoms with Gasteiger partial charge in [-0.2, -0.15) is 0 Å². The number of hydrogen-bond donors (Lipinski definition) is 1. The van der Waals surface area contributed by atoms with E-state index < -0.39 is 0 Å². The summed E-state index contributed by atoms with van der Waals surface area (Å²) >= 11 is 0. The van der Waals surface area contributed by atoms with Gasteiger partial charge < -0.3 is 10.8 Å². The van der Waals surface area contributed by atoms with Crippen molar-refractivity contribution in [2.24, 2.45) is 5.41 Å². The summed E-state index contributed by atoms with van der Waals surface area (Å²) in [4.78, 5) is 0. The van der Waals surface area contributed by atoms with E-state index in [4.69, 9.17) is 5.11 Å². The van der Waals surface area contributed by atoms with E-state index in [9.17, 15) is 0 Å². The molecule has 0 radical (unpaired) electrons. The smallest absolute Gasteiger partial charge is 1.00 e. The molecule has 0 spiro atoms. The second-order valence-electron chi connectivity index (χ2n) is 2.47. The minimum atomic E-state index is 0. The summed E-state index contributed by atoms with van der Waals surface area (Å²) in [5.74, 6) is 0. The zero-order valence-corrected chi connectivity index (χ0v) is 6.80. The fourth-order valence-corrected chi connectivity index (χ4v) is 0.372. The summed E-state index contributed by atoms with van der Waals surface area (Å²) in [5.41, 5.74) is 0.347. The van der Waals surface area contributed by atoms with Crippen LogP contribution in [0.15, 0.2) is 0 Å². The molecule has 0 bridgehead atoms. The van der Waals surface area contributed by atoms with Crippen molar-refractivity contribution in [1.82, 2.24) is 0 Å². The molecule has 1 fully saturated rings. The van der Waals surface area contributed by atoms with Crippen molar-refractivity contribution in [3.8, 4) is 0 Å². The largest absolute Gasteiger partial charge is 3.00 e. The van der Waals surface area contributed by atoms with Gasteiger partial charge in [-0.15, -0.1) is 0 Å². The summed E-state index contributed by atoms with van der Waals surface area (Å²) < 4.78 is 0. The van der Waals surface area contributed by atoms with E-state index in [1.54, 1.807) is 0 Å². The standard InChI is InChI=1S/C5H10O.Al.Li.4H/c1-5(4-6)2-3-5;;;;;;/h6H,2-4H2,1H3;;;;;;/q;+3;+1;4*-1. The molecule has 0 atom stereocenters. The zero-order chi connectivity index (χ0) is 4.62. The molecule has 0 unspecified atom stereocenters. The third-order valence-corrected chi connectivity index (χ3v) is 1.49. The van der Waals surface area contributed by atoms with E-state index in [1.165, 1.54) is 12.8 Å². The predicted octanol–water partition coefficient (Wildman–Crippen LogP) is -2.15. The van der Waals surface area contributed by atoms with Crippen molar-refractivity contribution in [2.75, 3.05) is 6.61 Å². The van der Waals surface area contributed by atoms with Crippen LogP contribution in [-0.4, -0.2) is 29.1 Å². The van der Waals surface area contributed by atoms with Gasteiger partial charge in [0.05, 0.1) is 0 Å². The summed E-state index contributed by atoms with van der Waals surface area (Å²) in [6.45, 7) is 2.49. The molecule has 44 valence electrons. The van der Waals surface area contributed by atoms with Crippen molar-refractivity contribution in [3.63, 3.8) is 0 Å². The van der Waals surface area contributed by atoms with Crippen LogP contribution in [0.4, 0.5) is 0 Å². The molecule has 0 aromatic rings. The monoisotopic (exact) mass is 124 g/mol. The minimum Gasteiger partial charge on any atom is -1.00 e. The quantitative estimate of drug-likeness (QED) is 0.395. The van der Waals surface area contributed by atoms with E-state index in [0.717, 1.165) is 0 Å². The van der Waals surface area contributed by atoms with Crippen LogP contribution in [0.3, 0.4) is 0 Å². The molecule has 1 saturated carbocycles. The summed E-state index contributed by atoms with van der Waals surface area (Å²) in [6.07, 6.45) is 2.45. The number of aliphatic hydroxyl groups is 1. The van der Waals surface area contributed by atoms with Gasteiger partial charge in [-0.05, 0) is 18.3 Å². The molecule has 0 aromatic heterocycles. The molecular weight excluding hydrogens is 110 g/mol. The third-order valence-electron chi connectivity index (χ3n) is 1.49. The predicted molar refractivity (Wildman–Crippen MR) is 34.6 cm³/mol. The van der Waals surface area contributed by atoms with E-state index in [2.05, 4.69) is 6.92 Å². The molecule has 8 heavy (non-hydrogen) atoms. The van der Waals surface area contributed by atoms with Gasteiger partial charge in [0.2, 0.25) is 0 Å². The van der Waals surface area contributed by atoms with Crippen molar-refractivity contribution >= 4 is 17.4 Å². The van der Waals surface area contributed by atoms with Crippen molar-refractivity contribution in [2.45, 2.75) is 19.8 Å². The second-order valence-corrected chi connectivity index (χ2v) is 2.47. The summed E-state index contributed by atoms with van der Waals surface area (Å²) in [5, 5.41) is 8.47. The van der Waals surface area contributed by atoms with Crippen LogP contribution in [0.5, 0.6) is 0 Å². The topological polar surface area (TPSA) is 20.2 Å². The molecule has 1 nitrogen and oxygen atoms in total. The van der Waals surface area contributed by atoms with Crippen LogP contribution in [0.1, 0.15) is 25.5 Å². The summed E-state index contributed by atoms with van der Waals surface area (Å²) in [7, 11) is 0. The molecule has 0 aromatic carbocycles. The molecule has 0 saturated heterocycles. The Morgan fingerprint density at radius 2 is 2.00 bits per heavy atom. The van der Waals surface area contributed by atoms with Gasteiger partial charge in [-0.1, -0.05) is 6.92 Å². The van der Waals surface area contributed by atoms with Gasteiger partial charge in [-0.25, -0.2) is 0 Å². The molecule has 0 heterocycles. The van der Waals surface area contributed by atoms with Gasteiger partial charge in [0, 0.05) is 6.61 Å². The molecule has 0 aliphatic heterocycles. The Kier molecular flexibility index (Phi) is 5.91. The van der Waals surface area contributed by atoms with Crippen LogP contribution in [0, 0.1) is 5.41 Å². The first-order valence-electron chi connectivity index (χ1n) is 2.38. The Labute approximate surface area is 79.1 Å². The van der Waals surface area contributed by atoms with Crippen LogP contribution >= 0.6 is 0 Å². The Morgan fingerprint density at radius 3 is 2.00 bits per heavy atom. The molecule has 0 amide bonds. The van der Waals surface area contributed by atoms with Crippen molar-refractivity contribution in [3.05, 3.63) is 0 Å². The van der Waals surface area contributed by atoms with Gasteiger partial charge in [0.25, 0.3) is 0 Å². The molecule has 1 aliphatic carbocycles. The Morgan fingerprint density at radius 1 is 1.62 bits per heavy atom.